The molecule has 2 aliphatic heterocycles. The van der Waals surface area contributed by atoms with E-state index in [1.54, 1.807) is 11.1 Å². The van der Waals surface area contributed by atoms with E-state index in [-0.39, 0.29) is 11.8 Å². The third kappa shape index (κ3) is 4.21. The smallest absolute Gasteiger partial charge is 0.257 e. The number of rotatable bonds is 3. The molecule has 172 valence electrons. The SMILES string of the molecule is Cc1[nH]ncc1C(=O)N1CCOC(c2cc(C(=O)N3CCN(C)CC3)c3ccccc3n2)C1. The van der Waals surface area contributed by atoms with Gasteiger partial charge in [0.25, 0.3) is 11.8 Å². The van der Waals surface area contributed by atoms with Gasteiger partial charge >= 0.3 is 0 Å². The van der Waals surface area contributed by atoms with Crippen LogP contribution in [-0.4, -0.2) is 94.6 Å². The number of aryl methyl sites for hydroxylation is 1. The first-order valence-electron chi connectivity index (χ1n) is 11.3. The van der Waals surface area contributed by atoms with Crippen LogP contribution in [0.4, 0.5) is 0 Å². The Hall–Kier alpha value is -3.30. The number of nitrogens with zero attached hydrogens (tertiary/aromatic N) is 5. The van der Waals surface area contributed by atoms with Crippen LogP contribution in [0, 0.1) is 6.92 Å². The molecule has 9 heteroatoms. The van der Waals surface area contributed by atoms with Gasteiger partial charge < -0.3 is 19.4 Å². The van der Waals surface area contributed by atoms with Crippen molar-refractivity contribution in [3.8, 4) is 0 Å². The number of morpholine rings is 1. The molecule has 2 saturated heterocycles. The molecular weight excluding hydrogens is 420 g/mol. The zero-order valence-corrected chi connectivity index (χ0v) is 19.0. The fraction of sp³-hybridized carbons (Fsp3) is 0.417. The molecule has 0 radical (unpaired) electrons. The van der Waals surface area contributed by atoms with Gasteiger partial charge in [0.05, 0.1) is 41.7 Å². The van der Waals surface area contributed by atoms with Gasteiger partial charge in [0.2, 0.25) is 0 Å². The van der Waals surface area contributed by atoms with Crippen molar-refractivity contribution in [1.29, 1.82) is 0 Å². The first kappa shape index (κ1) is 21.5. The van der Waals surface area contributed by atoms with E-state index < -0.39 is 6.10 Å². The largest absolute Gasteiger partial charge is 0.368 e. The van der Waals surface area contributed by atoms with Gasteiger partial charge in [0.1, 0.15) is 6.10 Å². The normalized spacial score (nSPS) is 19.8. The summed E-state index contributed by atoms with van der Waals surface area (Å²) >= 11 is 0. The average molecular weight is 449 g/mol. The Morgan fingerprint density at radius 1 is 1.03 bits per heavy atom. The number of amides is 2. The number of nitrogens with one attached hydrogen (secondary N) is 1. The minimum absolute atomic E-state index is 0.0145. The van der Waals surface area contributed by atoms with Crippen molar-refractivity contribution in [1.82, 2.24) is 29.9 Å². The maximum Gasteiger partial charge on any atom is 0.257 e. The number of likely N-dealkylation sites (N-methyl/N-ethyl adjacent to an activating group) is 1. The Morgan fingerprint density at radius 2 is 1.79 bits per heavy atom. The maximum atomic E-state index is 13.5. The number of H-pyrrole nitrogens is 1. The second-order valence-electron chi connectivity index (χ2n) is 8.73. The molecule has 1 N–H and O–H groups in total. The fourth-order valence-corrected chi connectivity index (χ4v) is 4.47. The summed E-state index contributed by atoms with van der Waals surface area (Å²) in [4.78, 5) is 37.2. The molecule has 0 saturated carbocycles. The number of aromatic amines is 1. The van der Waals surface area contributed by atoms with Gasteiger partial charge in [-0.15, -0.1) is 0 Å². The summed E-state index contributed by atoms with van der Waals surface area (Å²) in [7, 11) is 2.07. The molecule has 0 aliphatic carbocycles. The van der Waals surface area contributed by atoms with Crippen LogP contribution in [0.25, 0.3) is 10.9 Å². The second kappa shape index (κ2) is 8.92. The van der Waals surface area contributed by atoms with Crippen LogP contribution < -0.4 is 0 Å². The van der Waals surface area contributed by atoms with E-state index in [1.807, 2.05) is 42.2 Å². The van der Waals surface area contributed by atoms with Crippen molar-refractivity contribution >= 4 is 22.7 Å². The number of para-hydroxylation sites is 1. The molecule has 1 unspecified atom stereocenters. The van der Waals surface area contributed by atoms with E-state index in [2.05, 4.69) is 22.1 Å². The van der Waals surface area contributed by atoms with Crippen LogP contribution >= 0.6 is 0 Å². The number of fused-ring (bicyclic) bond motifs is 1. The lowest BCUT2D eigenvalue weighted by Crippen LogP contribution is -2.47. The minimum atomic E-state index is -0.404. The molecule has 2 fully saturated rings. The van der Waals surface area contributed by atoms with Crippen LogP contribution in [0.1, 0.15) is 38.2 Å². The Morgan fingerprint density at radius 3 is 2.55 bits per heavy atom. The molecule has 33 heavy (non-hydrogen) atoms. The lowest BCUT2D eigenvalue weighted by molar-refractivity contribution is -0.0246. The molecule has 2 aliphatic rings. The number of piperazine rings is 1. The summed E-state index contributed by atoms with van der Waals surface area (Å²) in [6.45, 7) is 6.23. The zero-order valence-electron chi connectivity index (χ0n) is 19.0. The van der Waals surface area contributed by atoms with Crippen LogP contribution in [-0.2, 0) is 4.74 Å². The highest BCUT2D eigenvalue weighted by molar-refractivity contribution is 6.06. The van der Waals surface area contributed by atoms with E-state index in [1.165, 1.54) is 0 Å². The summed E-state index contributed by atoms with van der Waals surface area (Å²) < 4.78 is 6.02. The van der Waals surface area contributed by atoms with Crippen LogP contribution in [0.15, 0.2) is 36.5 Å². The number of ether oxygens (including phenoxy) is 1. The molecule has 4 heterocycles. The van der Waals surface area contributed by atoms with E-state index >= 15 is 0 Å². The standard InChI is InChI=1S/C24H28N6O3/c1-16-19(14-25-27-16)24(32)30-11-12-33-22(15-30)21-13-18(17-5-3-4-6-20(17)26-21)23(31)29-9-7-28(2)8-10-29/h3-6,13-14,22H,7-12,15H2,1-2H3,(H,25,27). The van der Waals surface area contributed by atoms with Crippen molar-refractivity contribution in [2.75, 3.05) is 52.9 Å². The molecule has 0 spiro atoms. The van der Waals surface area contributed by atoms with E-state index in [0.29, 0.717) is 49.6 Å². The van der Waals surface area contributed by atoms with Crippen molar-refractivity contribution in [2.45, 2.75) is 13.0 Å². The second-order valence-corrected chi connectivity index (χ2v) is 8.73. The monoisotopic (exact) mass is 448 g/mol. The summed E-state index contributed by atoms with van der Waals surface area (Å²) in [5.41, 5.74) is 3.37. The topological polar surface area (TPSA) is 94.7 Å². The lowest BCUT2D eigenvalue weighted by atomic mass is 10.0. The van der Waals surface area contributed by atoms with Gasteiger partial charge in [-0.25, -0.2) is 4.98 Å². The Balaban J connectivity index is 1.45. The molecule has 2 aromatic heterocycles. The predicted octanol–water partition coefficient (Wildman–Crippen LogP) is 1.87. The minimum Gasteiger partial charge on any atom is -0.368 e. The van der Waals surface area contributed by atoms with E-state index in [9.17, 15) is 9.59 Å². The van der Waals surface area contributed by atoms with Crippen molar-refractivity contribution in [3.63, 3.8) is 0 Å². The van der Waals surface area contributed by atoms with Crippen molar-refractivity contribution < 1.29 is 14.3 Å². The van der Waals surface area contributed by atoms with Crippen molar-refractivity contribution in [3.05, 3.63) is 59.0 Å². The number of carbonyl (C=O) groups is 2. The lowest BCUT2D eigenvalue weighted by Gasteiger charge is -2.34. The van der Waals surface area contributed by atoms with Gasteiger partial charge in [-0.2, -0.15) is 5.10 Å². The molecule has 9 nitrogen and oxygen atoms in total. The number of hydrogen-bond donors (Lipinski definition) is 1. The molecular formula is C24H28N6O3. The van der Waals surface area contributed by atoms with E-state index in [4.69, 9.17) is 9.72 Å². The highest BCUT2D eigenvalue weighted by Gasteiger charge is 2.30. The molecule has 3 aromatic rings. The van der Waals surface area contributed by atoms with Gasteiger partial charge in [0.15, 0.2) is 0 Å². The molecule has 0 bridgehead atoms. The molecule has 1 aromatic carbocycles. The predicted molar refractivity (Wildman–Crippen MR) is 123 cm³/mol. The number of aromatic nitrogens is 3. The van der Waals surface area contributed by atoms with Gasteiger partial charge in [-0.05, 0) is 26.1 Å². The molecule has 1 atom stereocenters. The quantitative estimate of drug-likeness (QED) is 0.657. The number of hydrogen-bond acceptors (Lipinski definition) is 6. The maximum absolute atomic E-state index is 13.5. The summed E-state index contributed by atoms with van der Waals surface area (Å²) in [5, 5.41) is 7.62. The van der Waals surface area contributed by atoms with Crippen LogP contribution in [0.5, 0.6) is 0 Å². The summed E-state index contributed by atoms with van der Waals surface area (Å²) in [5.74, 6) is -0.0650. The first-order chi connectivity index (χ1) is 16.0. The zero-order chi connectivity index (χ0) is 22.9. The first-order valence-corrected chi connectivity index (χ1v) is 11.3. The third-order valence-electron chi connectivity index (χ3n) is 6.50. The van der Waals surface area contributed by atoms with Crippen molar-refractivity contribution in [2.24, 2.45) is 0 Å². The summed E-state index contributed by atoms with van der Waals surface area (Å²) in [6.07, 6.45) is 1.15. The Bertz CT molecular complexity index is 1180. The number of benzene rings is 1. The molecule has 2 amide bonds. The Labute approximate surface area is 192 Å². The van der Waals surface area contributed by atoms with Gasteiger partial charge in [-0.3, -0.25) is 14.7 Å². The van der Waals surface area contributed by atoms with Crippen LogP contribution in [0.2, 0.25) is 0 Å². The van der Waals surface area contributed by atoms with Crippen LogP contribution in [0.3, 0.4) is 0 Å². The van der Waals surface area contributed by atoms with Gasteiger partial charge in [0, 0.05) is 43.8 Å². The highest BCUT2D eigenvalue weighted by Crippen LogP contribution is 2.28. The number of carbonyl (C=O) groups excluding carboxylic acids is 2. The van der Waals surface area contributed by atoms with Gasteiger partial charge in [-0.1, -0.05) is 18.2 Å². The highest BCUT2D eigenvalue weighted by atomic mass is 16.5. The van der Waals surface area contributed by atoms with E-state index in [0.717, 1.165) is 29.7 Å². The fourth-order valence-electron chi connectivity index (χ4n) is 4.47. The molecule has 5 rings (SSSR count). The third-order valence-corrected chi connectivity index (χ3v) is 6.50. The summed E-state index contributed by atoms with van der Waals surface area (Å²) in [6, 6.07) is 9.55. The Kier molecular flexibility index (Phi) is 5.82. The average Bonchev–Trinajstić information content (AvgIpc) is 3.28. The number of pyridine rings is 1.